The van der Waals surface area contributed by atoms with Gasteiger partial charge in [0.05, 0.1) is 5.54 Å². The Kier molecular flexibility index (Phi) is 4.45. The molecule has 1 fully saturated rings. The Morgan fingerprint density at radius 1 is 1.40 bits per heavy atom. The number of aromatic nitrogens is 2. The molecule has 1 aliphatic rings. The van der Waals surface area contributed by atoms with Gasteiger partial charge >= 0.3 is 0 Å². The molecule has 0 aromatic carbocycles. The largest absolute Gasteiger partial charge is 0.314 e. The zero-order valence-electron chi connectivity index (χ0n) is 12.8. The molecule has 0 spiro atoms. The van der Waals surface area contributed by atoms with Crippen LogP contribution in [0.1, 0.15) is 39.3 Å². The number of carbonyl (C=O) groups is 1. The summed E-state index contributed by atoms with van der Waals surface area (Å²) in [6.07, 6.45) is 0. The van der Waals surface area contributed by atoms with Gasteiger partial charge in [0, 0.05) is 37.9 Å². The molecule has 1 saturated heterocycles. The minimum absolute atomic E-state index is 0.0128. The molecule has 20 heavy (non-hydrogen) atoms. The number of carbonyl (C=O) groups excluding carboxylic acids is 1. The lowest BCUT2D eigenvalue weighted by Gasteiger charge is -2.39. The maximum absolute atomic E-state index is 12.5. The Morgan fingerprint density at radius 3 is 2.60 bits per heavy atom. The normalized spacial score (nSPS) is 17.4. The van der Waals surface area contributed by atoms with Crippen LogP contribution in [-0.2, 0) is 4.79 Å². The van der Waals surface area contributed by atoms with Gasteiger partial charge < -0.3 is 10.6 Å². The monoisotopic (exact) mass is 279 g/mol. The quantitative estimate of drug-likeness (QED) is 0.773. The van der Waals surface area contributed by atoms with Crippen LogP contribution >= 0.6 is 0 Å². The first kappa shape index (κ1) is 15.0. The van der Waals surface area contributed by atoms with Crippen molar-refractivity contribution < 1.29 is 4.79 Å². The molecule has 1 amide bonds. The highest BCUT2D eigenvalue weighted by Crippen LogP contribution is 2.19. The van der Waals surface area contributed by atoms with Crippen LogP contribution in [0.4, 0.5) is 5.82 Å². The standard InChI is InChI=1S/C14H25N5O/c1-10(2)11-9-12(18-17-11)16-13(20)14(3,4)19-7-5-15-6-8-19/h9-10,15H,5-8H2,1-4H3,(H2,16,17,18,20). The third kappa shape index (κ3) is 3.19. The highest BCUT2D eigenvalue weighted by molar-refractivity contribution is 5.96. The predicted octanol–water partition coefficient (Wildman–Crippen LogP) is 1.16. The molecule has 0 aliphatic carbocycles. The van der Waals surface area contributed by atoms with Gasteiger partial charge in [-0.15, -0.1) is 0 Å². The number of nitrogens with one attached hydrogen (secondary N) is 3. The van der Waals surface area contributed by atoms with Crippen molar-refractivity contribution in [3.63, 3.8) is 0 Å². The molecule has 1 aromatic rings. The number of nitrogens with zero attached hydrogens (tertiary/aromatic N) is 2. The maximum Gasteiger partial charge on any atom is 0.245 e. The fourth-order valence-electron chi connectivity index (χ4n) is 2.33. The van der Waals surface area contributed by atoms with E-state index in [9.17, 15) is 4.79 Å². The smallest absolute Gasteiger partial charge is 0.245 e. The van der Waals surface area contributed by atoms with Crippen molar-refractivity contribution in [2.24, 2.45) is 0 Å². The van der Waals surface area contributed by atoms with E-state index >= 15 is 0 Å². The summed E-state index contributed by atoms with van der Waals surface area (Å²) in [6.45, 7) is 11.7. The van der Waals surface area contributed by atoms with Crippen LogP contribution in [0.5, 0.6) is 0 Å². The molecule has 0 bridgehead atoms. The van der Waals surface area contributed by atoms with Crippen LogP contribution in [0.2, 0.25) is 0 Å². The molecular weight excluding hydrogens is 254 g/mol. The Labute approximate surface area is 120 Å². The van der Waals surface area contributed by atoms with E-state index in [0.717, 1.165) is 31.9 Å². The number of piperazine rings is 1. The number of hydrogen-bond acceptors (Lipinski definition) is 4. The zero-order chi connectivity index (χ0) is 14.8. The average molecular weight is 279 g/mol. The van der Waals surface area contributed by atoms with E-state index in [4.69, 9.17) is 0 Å². The van der Waals surface area contributed by atoms with Gasteiger partial charge in [0.25, 0.3) is 0 Å². The average Bonchev–Trinajstić information content (AvgIpc) is 2.88. The Morgan fingerprint density at radius 2 is 2.05 bits per heavy atom. The molecule has 2 heterocycles. The molecule has 6 nitrogen and oxygen atoms in total. The summed E-state index contributed by atoms with van der Waals surface area (Å²) in [5, 5.41) is 13.3. The van der Waals surface area contributed by atoms with Crippen molar-refractivity contribution in [3.05, 3.63) is 11.8 Å². The second-order valence-electron chi connectivity index (χ2n) is 6.11. The maximum atomic E-state index is 12.5. The summed E-state index contributed by atoms with van der Waals surface area (Å²) in [4.78, 5) is 14.7. The van der Waals surface area contributed by atoms with Gasteiger partial charge in [-0.3, -0.25) is 14.8 Å². The summed E-state index contributed by atoms with van der Waals surface area (Å²) in [7, 11) is 0. The van der Waals surface area contributed by atoms with Crippen molar-refractivity contribution >= 4 is 11.7 Å². The number of aromatic amines is 1. The van der Waals surface area contributed by atoms with Crippen LogP contribution in [0.25, 0.3) is 0 Å². The van der Waals surface area contributed by atoms with E-state index in [0.29, 0.717) is 11.7 Å². The van der Waals surface area contributed by atoms with Gasteiger partial charge in [0.2, 0.25) is 5.91 Å². The zero-order valence-corrected chi connectivity index (χ0v) is 12.8. The highest BCUT2D eigenvalue weighted by atomic mass is 16.2. The summed E-state index contributed by atoms with van der Waals surface area (Å²) >= 11 is 0. The fourth-order valence-corrected chi connectivity index (χ4v) is 2.33. The Hall–Kier alpha value is -1.40. The number of H-pyrrole nitrogens is 1. The first-order valence-electron chi connectivity index (χ1n) is 7.24. The molecule has 6 heteroatoms. The summed E-state index contributed by atoms with van der Waals surface area (Å²) in [6, 6.07) is 1.90. The van der Waals surface area contributed by atoms with E-state index in [-0.39, 0.29) is 5.91 Å². The van der Waals surface area contributed by atoms with Crippen LogP contribution in [0.15, 0.2) is 6.07 Å². The van der Waals surface area contributed by atoms with Gasteiger partial charge in [-0.05, 0) is 19.8 Å². The molecule has 0 radical (unpaired) electrons. The van der Waals surface area contributed by atoms with Crippen LogP contribution in [0.3, 0.4) is 0 Å². The van der Waals surface area contributed by atoms with E-state index in [1.165, 1.54) is 0 Å². The third-order valence-corrected chi connectivity index (χ3v) is 3.92. The van der Waals surface area contributed by atoms with Crippen molar-refractivity contribution in [2.45, 2.75) is 39.2 Å². The minimum atomic E-state index is -0.529. The van der Waals surface area contributed by atoms with Crippen LogP contribution < -0.4 is 10.6 Å². The van der Waals surface area contributed by atoms with Crippen molar-refractivity contribution in [1.29, 1.82) is 0 Å². The number of anilines is 1. The SMILES string of the molecule is CC(C)c1cc(NC(=O)C(C)(C)N2CCNCC2)n[nH]1. The number of hydrogen-bond donors (Lipinski definition) is 3. The van der Waals surface area contributed by atoms with Gasteiger partial charge in [-0.2, -0.15) is 5.10 Å². The van der Waals surface area contributed by atoms with Crippen molar-refractivity contribution in [2.75, 3.05) is 31.5 Å². The molecule has 0 saturated carbocycles. The highest BCUT2D eigenvalue weighted by Gasteiger charge is 2.35. The predicted molar refractivity (Wildman–Crippen MR) is 79.8 cm³/mol. The molecule has 2 rings (SSSR count). The number of amides is 1. The summed E-state index contributed by atoms with van der Waals surface area (Å²) in [5.41, 5.74) is 0.499. The van der Waals surface area contributed by atoms with Gasteiger partial charge in [-0.1, -0.05) is 13.8 Å². The van der Waals surface area contributed by atoms with Crippen molar-refractivity contribution in [1.82, 2.24) is 20.4 Å². The first-order valence-corrected chi connectivity index (χ1v) is 7.24. The lowest BCUT2D eigenvalue weighted by atomic mass is 10.0. The molecule has 112 valence electrons. The molecule has 0 unspecified atom stereocenters. The van der Waals surface area contributed by atoms with Gasteiger partial charge in [-0.25, -0.2) is 0 Å². The van der Waals surface area contributed by atoms with Crippen LogP contribution in [-0.4, -0.2) is 52.7 Å². The topological polar surface area (TPSA) is 73.1 Å². The van der Waals surface area contributed by atoms with Crippen LogP contribution in [0, 0.1) is 0 Å². The lowest BCUT2D eigenvalue weighted by Crippen LogP contribution is -2.58. The van der Waals surface area contributed by atoms with Gasteiger partial charge in [0.15, 0.2) is 5.82 Å². The first-order chi connectivity index (χ1) is 9.41. The van der Waals surface area contributed by atoms with E-state index in [2.05, 4.69) is 39.6 Å². The molecule has 1 aliphatic heterocycles. The molecular formula is C14H25N5O. The summed E-state index contributed by atoms with van der Waals surface area (Å²) < 4.78 is 0. The molecule has 1 aromatic heterocycles. The second-order valence-corrected chi connectivity index (χ2v) is 6.11. The van der Waals surface area contributed by atoms with Crippen molar-refractivity contribution in [3.8, 4) is 0 Å². The van der Waals surface area contributed by atoms with E-state index in [1.54, 1.807) is 0 Å². The third-order valence-electron chi connectivity index (χ3n) is 3.92. The summed E-state index contributed by atoms with van der Waals surface area (Å²) in [5.74, 6) is 0.956. The van der Waals surface area contributed by atoms with E-state index < -0.39 is 5.54 Å². The second kappa shape index (κ2) is 5.93. The Balaban J connectivity index is 2.01. The molecule has 3 N–H and O–H groups in total. The minimum Gasteiger partial charge on any atom is -0.314 e. The van der Waals surface area contributed by atoms with E-state index in [1.807, 2.05) is 19.9 Å². The lowest BCUT2D eigenvalue weighted by molar-refractivity contribution is -0.126. The molecule has 0 atom stereocenters. The van der Waals surface area contributed by atoms with Gasteiger partial charge in [0.1, 0.15) is 0 Å². The number of rotatable bonds is 4. The fraction of sp³-hybridized carbons (Fsp3) is 0.714. The Bertz CT molecular complexity index is 460.